The molecular weight excluding hydrogens is 647 g/mol. The van der Waals surface area contributed by atoms with Crippen LogP contribution in [0.1, 0.15) is 121 Å². The van der Waals surface area contributed by atoms with Gasteiger partial charge in [0, 0.05) is 0 Å². The second kappa shape index (κ2) is 13.2. The summed E-state index contributed by atoms with van der Waals surface area (Å²) in [6, 6.07) is 33.4. The van der Waals surface area contributed by atoms with E-state index in [4.69, 9.17) is 0 Å². The van der Waals surface area contributed by atoms with Gasteiger partial charge in [-0.15, -0.1) is 0 Å². The molecular formula is C44H48Cl2Ti. The summed E-state index contributed by atoms with van der Waals surface area (Å²) in [7, 11) is 0. The fourth-order valence-electron chi connectivity index (χ4n) is 10.3. The van der Waals surface area contributed by atoms with Gasteiger partial charge in [-0.3, -0.25) is 0 Å². The van der Waals surface area contributed by atoms with Gasteiger partial charge in [0.05, 0.1) is 0 Å². The Balaban J connectivity index is 0.00000193. The van der Waals surface area contributed by atoms with Crippen molar-refractivity contribution in [1.29, 1.82) is 0 Å². The van der Waals surface area contributed by atoms with Crippen LogP contribution in [0.3, 0.4) is 0 Å². The molecule has 0 nitrogen and oxygen atoms in total. The average Bonchev–Trinajstić information content (AvgIpc) is 3.35. The minimum Gasteiger partial charge on any atom is -1.00 e. The minimum absolute atomic E-state index is 0. The Labute approximate surface area is 299 Å². The summed E-state index contributed by atoms with van der Waals surface area (Å²) in [5.41, 5.74) is 18.1. The number of rotatable bonds is 6. The van der Waals surface area contributed by atoms with Gasteiger partial charge in [-0.05, 0) is 0 Å². The van der Waals surface area contributed by atoms with Crippen LogP contribution < -0.4 is 24.8 Å². The Morgan fingerprint density at radius 1 is 0.532 bits per heavy atom. The molecule has 1 saturated heterocycles. The van der Waals surface area contributed by atoms with Gasteiger partial charge in [0.25, 0.3) is 0 Å². The quantitative estimate of drug-likeness (QED) is 0.187. The van der Waals surface area contributed by atoms with Gasteiger partial charge < -0.3 is 24.8 Å². The molecule has 3 aliphatic carbocycles. The second-order valence-corrected chi connectivity index (χ2v) is 22.6. The van der Waals surface area contributed by atoms with Gasteiger partial charge in [0.1, 0.15) is 0 Å². The number of fused-ring (bicyclic) bond motifs is 3. The molecule has 4 unspecified atom stereocenters. The van der Waals surface area contributed by atoms with Gasteiger partial charge in [-0.25, -0.2) is 0 Å². The Hall–Kier alpha value is -2.35. The van der Waals surface area contributed by atoms with Crippen LogP contribution in [-0.4, -0.2) is 0 Å². The molecule has 47 heavy (non-hydrogen) atoms. The largest absolute Gasteiger partial charge is 1.00 e. The van der Waals surface area contributed by atoms with E-state index in [0.29, 0.717) is 20.3 Å². The Bertz CT molecular complexity index is 1710. The van der Waals surface area contributed by atoms with Crippen molar-refractivity contribution in [2.24, 2.45) is 0 Å². The van der Waals surface area contributed by atoms with E-state index in [9.17, 15) is 0 Å². The summed E-state index contributed by atoms with van der Waals surface area (Å²) >= 11 is -2.58. The molecule has 0 radical (unpaired) electrons. The van der Waals surface area contributed by atoms with Crippen molar-refractivity contribution in [3.8, 4) is 22.3 Å². The molecule has 4 aliphatic rings. The molecule has 3 heteroatoms. The van der Waals surface area contributed by atoms with Crippen LogP contribution in [0.2, 0.25) is 8.45 Å². The van der Waals surface area contributed by atoms with E-state index in [1.807, 2.05) is 0 Å². The molecule has 0 aromatic heterocycles. The summed E-state index contributed by atoms with van der Waals surface area (Å²) in [5, 5.41) is 0. The van der Waals surface area contributed by atoms with E-state index in [1.54, 1.807) is 22.3 Å². The molecule has 2 fully saturated rings. The van der Waals surface area contributed by atoms with Crippen LogP contribution in [0.4, 0.5) is 0 Å². The van der Waals surface area contributed by atoms with Gasteiger partial charge in [-0.1, -0.05) is 0 Å². The first-order valence-corrected chi connectivity index (χ1v) is 21.2. The summed E-state index contributed by atoms with van der Waals surface area (Å²) in [6.07, 6.45) is 11.0. The van der Waals surface area contributed by atoms with Gasteiger partial charge >= 0.3 is 276 Å². The minimum atomic E-state index is -2.58. The third kappa shape index (κ3) is 5.38. The number of benzene rings is 4. The third-order valence-electron chi connectivity index (χ3n) is 12.3. The zero-order valence-electron chi connectivity index (χ0n) is 28.8. The predicted octanol–water partition coefficient (Wildman–Crippen LogP) is 7.21. The SMILES string of the molecule is CC1=Cc2c(-c3ccc(C(C)C)cc3)cccc2[CH]1[Ti+2]1([CH]2C(C)=Cc3c(-c4ccc(C(C)C)cc4)cccc32)[CH]2CCCC[CH]21.[Cl-].[Cl-]. The van der Waals surface area contributed by atoms with Crippen molar-refractivity contribution < 1.29 is 41.4 Å². The molecule has 1 saturated carbocycles. The zero-order valence-corrected chi connectivity index (χ0v) is 31.9. The normalized spacial score (nSPS) is 23.9. The van der Waals surface area contributed by atoms with E-state index in [-0.39, 0.29) is 24.8 Å². The molecule has 1 heterocycles. The van der Waals surface area contributed by atoms with Crippen molar-refractivity contribution >= 4 is 12.2 Å². The first kappa shape index (κ1) is 34.5. The van der Waals surface area contributed by atoms with Crippen LogP contribution in [0, 0.1) is 0 Å². The standard InChI is InChI=1S/2C19H19.C6H10.2ClH.Ti/c2*1-13(2)15-7-9-16(10-8-15)18-6-4-5-17-11-14(3)12-19(17)18;1-2-4-6-5-3-1;;;/h2*4-13H,1-3H3;1-2H,3-6H2;2*1H;/q;;;;;+2/p-2. The summed E-state index contributed by atoms with van der Waals surface area (Å²) in [4.78, 5) is 0. The smallest absolute Gasteiger partial charge is 1.00 e. The van der Waals surface area contributed by atoms with Crippen molar-refractivity contribution in [3.05, 3.63) is 129 Å². The molecule has 0 spiro atoms. The average molecular weight is 696 g/mol. The molecule has 4 atom stereocenters. The van der Waals surface area contributed by atoms with Gasteiger partial charge in [0.15, 0.2) is 0 Å². The number of halogens is 2. The van der Waals surface area contributed by atoms with Crippen LogP contribution in [0.25, 0.3) is 34.4 Å². The molecule has 0 amide bonds. The molecule has 4 aromatic rings. The number of allylic oxidation sites excluding steroid dienone is 2. The fraction of sp³-hybridized carbons (Fsp3) is 0.364. The molecule has 0 bridgehead atoms. The van der Waals surface area contributed by atoms with E-state index < -0.39 is 16.6 Å². The Morgan fingerprint density at radius 2 is 0.915 bits per heavy atom. The molecule has 0 N–H and O–H groups in total. The van der Waals surface area contributed by atoms with Crippen LogP contribution in [-0.2, 0) is 16.6 Å². The van der Waals surface area contributed by atoms with Crippen molar-refractivity contribution in [2.75, 3.05) is 0 Å². The molecule has 1 aliphatic heterocycles. The first-order valence-electron chi connectivity index (χ1n) is 17.6. The fourth-order valence-corrected chi connectivity index (χ4v) is 24.5. The van der Waals surface area contributed by atoms with Crippen LogP contribution in [0.15, 0.2) is 96.1 Å². The second-order valence-electron chi connectivity index (χ2n) is 15.3. The van der Waals surface area contributed by atoms with E-state index in [2.05, 4.69) is 139 Å². The van der Waals surface area contributed by atoms with Crippen molar-refractivity contribution in [1.82, 2.24) is 0 Å². The summed E-state index contributed by atoms with van der Waals surface area (Å²) < 4.78 is 3.30. The monoisotopic (exact) mass is 694 g/mol. The maximum absolute atomic E-state index is 2.62. The van der Waals surface area contributed by atoms with Crippen LogP contribution in [0.5, 0.6) is 0 Å². The Kier molecular flexibility index (Phi) is 9.67. The van der Waals surface area contributed by atoms with Gasteiger partial charge in [0.2, 0.25) is 0 Å². The van der Waals surface area contributed by atoms with E-state index >= 15 is 0 Å². The molecule has 4 aromatic carbocycles. The van der Waals surface area contributed by atoms with E-state index in [1.165, 1.54) is 70.2 Å². The summed E-state index contributed by atoms with van der Waals surface area (Å²) in [6.45, 7) is 14.1. The summed E-state index contributed by atoms with van der Waals surface area (Å²) in [5.74, 6) is 1.12. The van der Waals surface area contributed by atoms with E-state index in [0.717, 1.165) is 8.45 Å². The van der Waals surface area contributed by atoms with Gasteiger partial charge in [-0.2, -0.15) is 0 Å². The van der Waals surface area contributed by atoms with Crippen molar-refractivity contribution in [2.45, 2.75) is 96.0 Å². The maximum Gasteiger partial charge on any atom is -1.00 e. The maximum atomic E-state index is 2.62. The first-order chi connectivity index (χ1) is 21.8. The zero-order chi connectivity index (χ0) is 31.0. The number of hydrogen-bond acceptors (Lipinski definition) is 0. The molecule has 8 rings (SSSR count). The van der Waals surface area contributed by atoms with Crippen molar-refractivity contribution in [3.63, 3.8) is 0 Å². The van der Waals surface area contributed by atoms with Crippen LogP contribution >= 0.6 is 0 Å². The molecule has 242 valence electrons. The predicted molar refractivity (Wildman–Crippen MR) is 191 cm³/mol. The third-order valence-corrected chi connectivity index (χ3v) is 23.4. The number of hydrogen-bond donors (Lipinski definition) is 0. The topological polar surface area (TPSA) is 0 Å². The Morgan fingerprint density at radius 3 is 1.28 bits per heavy atom.